The van der Waals surface area contributed by atoms with Crippen LogP contribution in [0.5, 0.6) is 5.75 Å². The molecular formula is C14H16ClN3O. The lowest BCUT2D eigenvalue weighted by Crippen LogP contribution is -2.14. The first-order valence-corrected chi connectivity index (χ1v) is 6.29. The molecule has 0 atom stereocenters. The van der Waals surface area contributed by atoms with E-state index in [4.69, 9.17) is 16.3 Å². The summed E-state index contributed by atoms with van der Waals surface area (Å²) in [7, 11) is 3.59. The Morgan fingerprint density at radius 2 is 1.95 bits per heavy atom. The van der Waals surface area contributed by atoms with E-state index in [2.05, 4.69) is 9.97 Å². The van der Waals surface area contributed by atoms with Gasteiger partial charge in [0, 0.05) is 24.4 Å². The molecule has 2 rings (SSSR count). The second kappa shape index (κ2) is 5.45. The minimum Gasteiger partial charge on any atom is -0.497 e. The highest BCUT2D eigenvalue weighted by atomic mass is 35.5. The van der Waals surface area contributed by atoms with Crippen molar-refractivity contribution < 1.29 is 4.74 Å². The summed E-state index contributed by atoms with van der Waals surface area (Å²) in [5, 5.41) is 0.484. The van der Waals surface area contributed by atoms with Gasteiger partial charge in [-0.25, -0.2) is 9.97 Å². The number of hydrogen-bond donors (Lipinski definition) is 0. The first kappa shape index (κ1) is 13.6. The van der Waals surface area contributed by atoms with E-state index in [1.54, 1.807) is 7.11 Å². The Bertz CT molecular complexity index is 601. The van der Waals surface area contributed by atoms with E-state index in [0.717, 1.165) is 22.8 Å². The zero-order valence-corrected chi connectivity index (χ0v) is 12.2. The molecule has 0 unspecified atom stereocenters. The fourth-order valence-electron chi connectivity index (χ4n) is 1.85. The van der Waals surface area contributed by atoms with Crippen molar-refractivity contribution in [3.05, 3.63) is 40.8 Å². The van der Waals surface area contributed by atoms with E-state index < -0.39 is 0 Å². The van der Waals surface area contributed by atoms with Crippen molar-refractivity contribution in [1.29, 1.82) is 0 Å². The van der Waals surface area contributed by atoms with E-state index in [1.165, 1.54) is 0 Å². The number of benzene rings is 1. The average molecular weight is 278 g/mol. The summed E-state index contributed by atoms with van der Waals surface area (Å²) in [5.41, 5.74) is 1.84. The van der Waals surface area contributed by atoms with Crippen LogP contribution < -0.4 is 9.64 Å². The quantitative estimate of drug-likeness (QED) is 0.805. The third kappa shape index (κ3) is 2.79. The molecule has 4 nitrogen and oxygen atoms in total. The van der Waals surface area contributed by atoms with E-state index >= 15 is 0 Å². The van der Waals surface area contributed by atoms with Gasteiger partial charge in [0.2, 0.25) is 0 Å². The lowest BCUT2D eigenvalue weighted by atomic mass is 10.2. The average Bonchev–Trinajstić information content (AvgIpc) is 2.42. The van der Waals surface area contributed by atoms with Gasteiger partial charge in [-0.05, 0) is 26.0 Å². The van der Waals surface area contributed by atoms with Crippen molar-refractivity contribution in [1.82, 2.24) is 9.97 Å². The van der Waals surface area contributed by atoms with Gasteiger partial charge < -0.3 is 9.64 Å². The first-order valence-electron chi connectivity index (χ1n) is 5.91. The number of nitrogens with zero attached hydrogens (tertiary/aromatic N) is 3. The highest BCUT2D eigenvalue weighted by Crippen LogP contribution is 2.29. The molecule has 5 heteroatoms. The number of aromatic nitrogens is 2. The Morgan fingerprint density at radius 3 is 2.63 bits per heavy atom. The molecule has 0 N–H and O–H groups in total. The lowest BCUT2D eigenvalue weighted by Gasteiger charge is -2.21. The molecule has 1 aromatic heterocycles. The molecule has 0 spiro atoms. The van der Waals surface area contributed by atoms with Gasteiger partial charge in [0.1, 0.15) is 22.5 Å². The molecule has 19 heavy (non-hydrogen) atoms. The lowest BCUT2D eigenvalue weighted by molar-refractivity contribution is 0.415. The topological polar surface area (TPSA) is 38.2 Å². The number of methoxy groups -OCH3 is 1. The van der Waals surface area contributed by atoms with Crippen LogP contribution in [0.2, 0.25) is 5.15 Å². The molecule has 0 fully saturated rings. The number of aryl methyl sites for hydroxylation is 1. The fourth-order valence-corrected chi connectivity index (χ4v) is 2.06. The number of ether oxygens (including phenoxy) is 1. The predicted octanol–water partition coefficient (Wildman–Crippen LogP) is 3.52. The molecule has 0 aliphatic rings. The van der Waals surface area contributed by atoms with Crippen LogP contribution in [0.3, 0.4) is 0 Å². The van der Waals surface area contributed by atoms with Crippen LogP contribution in [0.15, 0.2) is 24.3 Å². The SMILES string of the molecule is COc1cccc(N(C)c2nc(C)nc(Cl)c2C)c1. The zero-order valence-electron chi connectivity index (χ0n) is 11.4. The summed E-state index contributed by atoms with van der Waals surface area (Å²) in [5.74, 6) is 2.25. The van der Waals surface area contributed by atoms with Crippen molar-refractivity contribution in [3.63, 3.8) is 0 Å². The number of hydrogen-bond acceptors (Lipinski definition) is 4. The molecule has 2 aromatic rings. The summed E-state index contributed by atoms with van der Waals surface area (Å²) in [6.07, 6.45) is 0. The summed E-state index contributed by atoms with van der Waals surface area (Å²) in [6.45, 7) is 3.74. The van der Waals surface area contributed by atoms with Crippen LogP contribution in [0.1, 0.15) is 11.4 Å². The second-order valence-corrected chi connectivity index (χ2v) is 4.63. The van der Waals surface area contributed by atoms with Crippen molar-refractivity contribution in [2.45, 2.75) is 13.8 Å². The fraction of sp³-hybridized carbons (Fsp3) is 0.286. The summed E-state index contributed by atoms with van der Waals surface area (Å²) < 4.78 is 5.23. The first-order chi connectivity index (χ1) is 9.02. The highest BCUT2D eigenvalue weighted by molar-refractivity contribution is 6.30. The van der Waals surface area contributed by atoms with Crippen molar-refractivity contribution in [3.8, 4) is 5.75 Å². The van der Waals surface area contributed by atoms with Gasteiger partial charge in [-0.15, -0.1) is 0 Å². The third-order valence-electron chi connectivity index (χ3n) is 2.93. The normalized spacial score (nSPS) is 10.4. The number of halogens is 1. The van der Waals surface area contributed by atoms with Crippen LogP contribution in [0, 0.1) is 13.8 Å². The Balaban J connectivity index is 2.46. The molecule has 1 aromatic carbocycles. The highest BCUT2D eigenvalue weighted by Gasteiger charge is 2.13. The second-order valence-electron chi connectivity index (χ2n) is 4.27. The molecule has 0 bridgehead atoms. The minimum atomic E-state index is 0.484. The summed E-state index contributed by atoms with van der Waals surface area (Å²) >= 11 is 6.11. The van der Waals surface area contributed by atoms with Crippen molar-refractivity contribution >= 4 is 23.1 Å². The standard InChI is InChI=1S/C14H16ClN3O/c1-9-13(15)16-10(2)17-14(9)18(3)11-6-5-7-12(8-11)19-4/h5-8H,1-4H3. The maximum Gasteiger partial charge on any atom is 0.140 e. The van der Waals surface area contributed by atoms with Gasteiger partial charge in [-0.2, -0.15) is 0 Å². The molecule has 0 saturated heterocycles. The zero-order chi connectivity index (χ0) is 14.0. The molecular weight excluding hydrogens is 262 g/mol. The van der Waals surface area contributed by atoms with E-state index in [0.29, 0.717) is 11.0 Å². The van der Waals surface area contributed by atoms with Crippen molar-refractivity contribution in [2.75, 3.05) is 19.1 Å². The van der Waals surface area contributed by atoms with Gasteiger partial charge >= 0.3 is 0 Å². The molecule has 0 aliphatic carbocycles. The van der Waals surface area contributed by atoms with Crippen LogP contribution in [-0.4, -0.2) is 24.1 Å². The monoisotopic (exact) mass is 277 g/mol. The molecule has 0 aliphatic heterocycles. The molecule has 100 valence electrons. The van der Waals surface area contributed by atoms with Gasteiger partial charge in [-0.3, -0.25) is 0 Å². The van der Waals surface area contributed by atoms with Crippen LogP contribution in [0.4, 0.5) is 11.5 Å². The van der Waals surface area contributed by atoms with Crippen LogP contribution >= 0.6 is 11.6 Å². The molecule has 1 heterocycles. The number of rotatable bonds is 3. The summed E-state index contributed by atoms with van der Waals surface area (Å²) in [4.78, 5) is 10.6. The third-order valence-corrected chi connectivity index (χ3v) is 3.30. The maximum atomic E-state index is 6.11. The molecule has 0 radical (unpaired) electrons. The van der Waals surface area contributed by atoms with Gasteiger partial charge in [0.15, 0.2) is 0 Å². The van der Waals surface area contributed by atoms with Crippen LogP contribution in [-0.2, 0) is 0 Å². The minimum absolute atomic E-state index is 0.484. The van der Waals surface area contributed by atoms with Gasteiger partial charge in [0.05, 0.1) is 7.11 Å². The van der Waals surface area contributed by atoms with Crippen LogP contribution in [0.25, 0.3) is 0 Å². The van der Waals surface area contributed by atoms with E-state index in [9.17, 15) is 0 Å². The van der Waals surface area contributed by atoms with Gasteiger partial charge in [0.25, 0.3) is 0 Å². The van der Waals surface area contributed by atoms with Gasteiger partial charge in [-0.1, -0.05) is 17.7 Å². The maximum absolute atomic E-state index is 6.11. The van der Waals surface area contributed by atoms with Crippen molar-refractivity contribution in [2.24, 2.45) is 0 Å². The molecule has 0 saturated carbocycles. The summed E-state index contributed by atoms with van der Waals surface area (Å²) in [6, 6.07) is 7.79. The molecule has 0 amide bonds. The smallest absolute Gasteiger partial charge is 0.140 e. The largest absolute Gasteiger partial charge is 0.497 e. The predicted molar refractivity (Wildman–Crippen MR) is 77.6 cm³/mol. The Hall–Kier alpha value is -1.81. The Morgan fingerprint density at radius 1 is 1.21 bits per heavy atom. The number of anilines is 2. The van der Waals surface area contributed by atoms with E-state index in [-0.39, 0.29) is 0 Å². The Kier molecular flexibility index (Phi) is 3.90. The van der Waals surface area contributed by atoms with E-state index in [1.807, 2.05) is 50.1 Å². The Labute approximate surface area is 118 Å².